The SMILES string of the molecule is Cc1ccc(C)c(S(=O)(=O)NNC(=O)Cn2ccccc2=O)c1. The van der Waals surface area contributed by atoms with Gasteiger partial charge >= 0.3 is 0 Å². The molecule has 0 unspecified atom stereocenters. The van der Waals surface area contributed by atoms with Gasteiger partial charge in [-0.25, -0.2) is 8.42 Å². The number of aromatic nitrogens is 1. The van der Waals surface area contributed by atoms with Gasteiger partial charge in [0, 0.05) is 12.3 Å². The third kappa shape index (κ3) is 4.27. The molecule has 0 aliphatic rings. The lowest BCUT2D eigenvalue weighted by Gasteiger charge is -2.11. The lowest BCUT2D eigenvalue weighted by molar-refractivity contribution is -0.122. The van der Waals surface area contributed by atoms with E-state index in [1.54, 1.807) is 38.1 Å². The first-order chi connectivity index (χ1) is 10.8. The molecule has 2 rings (SSSR count). The molecule has 0 fully saturated rings. The van der Waals surface area contributed by atoms with Crippen LogP contribution in [-0.4, -0.2) is 18.9 Å². The average molecular weight is 335 g/mol. The molecular formula is C15H17N3O4S. The molecule has 1 amide bonds. The van der Waals surface area contributed by atoms with Gasteiger partial charge in [-0.15, -0.1) is 4.83 Å². The number of sulfonamides is 1. The van der Waals surface area contributed by atoms with E-state index in [-0.39, 0.29) is 17.0 Å². The van der Waals surface area contributed by atoms with Crippen LogP contribution < -0.4 is 15.8 Å². The van der Waals surface area contributed by atoms with E-state index in [0.29, 0.717) is 5.56 Å². The summed E-state index contributed by atoms with van der Waals surface area (Å²) in [5, 5.41) is 0. The molecule has 0 radical (unpaired) electrons. The van der Waals surface area contributed by atoms with E-state index in [2.05, 4.69) is 5.43 Å². The largest absolute Gasteiger partial charge is 0.306 e. The fourth-order valence-corrected chi connectivity index (χ4v) is 3.15. The van der Waals surface area contributed by atoms with Crippen LogP contribution >= 0.6 is 0 Å². The van der Waals surface area contributed by atoms with Crippen LogP contribution in [0.2, 0.25) is 0 Å². The molecule has 0 bridgehead atoms. The zero-order valence-corrected chi connectivity index (χ0v) is 13.6. The quantitative estimate of drug-likeness (QED) is 0.777. The average Bonchev–Trinajstić information content (AvgIpc) is 2.50. The number of benzene rings is 1. The Bertz CT molecular complexity index is 888. The van der Waals surface area contributed by atoms with Crippen molar-refractivity contribution in [2.24, 2.45) is 0 Å². The van der Waals surface area contributed by atoms with E-state index in [1.165, 1.54) is 22.9 Å². The predicted molar refractivity (Wildman–Crippen MR) is 85.1 cm³/mol. The number of hydrogen-bond donors (Lipinski definition) is 2. The highest BCUT2D eigenvalue weighted by atomic mass is 32.2. The normalized spacial score (nSPS) is 11.2. The minimum absolute atomic E-state index is 0.0923. The molecule has 0 saturated heterocycles. The first kappa shape index (κ1) is 16.9. The van der Waals surface area contributed by atoms with Gasteiger partial charge in [0.25, 0.3) is 21.5 Å². The number of rotatable bonds is 5. The maximum Gasteiger partial charge on any atom is 0.257 e. The number of pyridine rings is 1. The van der Waals surface area contributed by atoms with Crippen molar-refractivity contribution in [1.29, 1.82) is 0 Å². The minimum atomic E-state index is -3.88. The van der Waals surface area contributed by atoms with Crippen molar-refractivity contribution in [3.05, 3.63) is 64.1 Å². The van der Waals surface area contributed by atoms with Crippen LogP contribution in [0.4, 0.5) is 0 Å². The van der Waals surface area contributed by atoms with Gasteiger partial charge < -0.3 is 4.57 Å². The smallest absolute Gasteiger partial charge is 0.257 e. The van der Waals surface area contributed by atoms with E-state index < -0.39 is 15.9 Å². The Morgan fingerprint density at radius 3 is 2.61 bits per heavy atom. The van der Waals surface area contributed by atoms with E-state index in [1.807, 2.05) is 4.83 Å². The third-order valence-electron chi connectivity index (χ3n) is 3.17. The second-order valence-corrected chi connectivity index (χ2v) is 6.74. The van der Waals surface area contributed by atoms with Crippen molar-refractivity contribution in [2.45, 2.75) is 25.3 Å². The van der Waals surface area contributed by atoms with Gasteiger partial charge in [0.05, 0.1) is 4.90 Å². The van der Waals surface area contributed by atoms with Crippen molar-refractivity contribution in [2.75, 3.05) is 0 Å². The minimum Gasteiger partial charge on any atom is -0.306 e. The lowest BCUT2D eigenvalue weighted by Crippen LogP contribution is -2.44. The van der Waals surface area contributed by atoms with E-state index in [0.717, 1.165) is 5.56 Å². The van der Waals surface area contributed by atoms with Crippen LogP contribution in [0, 0.1) is 13.8 Å². The number of aryl methyl sites for hydroxylation is 2. The number of hydrazine groups is 1. The maximum atomic E-state index is 12.2. The van der Waals surface area contributed by atoms with Crippen LogP contribution in [-0.2, 0) is 21.4 Å². The molecule has 8 heteroatoms. The summed E-state index contributed by atoms with van der Waals surface area (Å²) in [4.78, 5) is 25.4. The summed E-state index contributed by atoms with van der Waals surface area (Å²) in [5.41, 5.74) is 3.12. The molecule has 2 aromatic rings. The van der Waals surface area contributed by atoms with E-state index in [9.17, 15) is 18.0 Å². The summed E-state index contributed by atoms with van der Waals surface area (Å²) in [6, 6.07) is 9.48. The fraction of sp³-hybridized carbons (Fsp3) is 0.200. The van der Waals surface area contributed by atoms with Gasteiger partial charge in [0.2, 0.25) is 0 Å². The zero-order valence-electron chi connectivity index (χ0n) is 12.7. The van der Waals surface area contributed by atoms with Crippen molar-refractivity contribution < 1.29 is 13.2 Å². The van der Waals surface area contributed by atoms with Crippen molar-refractivity contribution in [3.8, 4) is 0 Å². The molecule has 0 spiro atoms. The summed E-state index contributed by atoms with van der Waals surface area (Å²) in [6.07, 6.45) is 1.45. The highest BCUT2D eigenvalue weighted by Crippen LogP contribution is 2.15. The molecule has 1 heterocycles. The molecule has 23 heavy (non-hydrogen) atoms. The number of carbonyl (C=O) groups is 1. The summed E-state index contributed by atoms with van der Waals surface area (Å²) < 4.78 is 25.6. The molecule has 1 aromatic heterocycles. The lowest BCUT2D eigenvalue weighted by atomic mass is 10.2. The van der Waals surface area contributed by atoms with Gasteiger partial charge in [-0.2, -0.15) is 0 Å². The number of carbonyl (C=O) groups excluding carboxylic acids is 1. The highest BCUT2D eigenvalue weighted by molar-refractivity contribution is 7.89. The molecule has 7 nitrogen and oxygen atoms in total. The monoisotopic (exact) mass is 335 g/mol. The molecule has 122 valence electrons. The van der Waals surface area contributed by atoms with Gasteiger partial charge in [0.15, 0.2) is 0 Å². The third-order valence-corrected chi connectivity index (χ3v) is 4.56. The summed E-state index contributed by atoms with van der Waals surface area (Å²) in [5.74, 6) is -0.646. The summed E-state index contributed by atoms with van der Waals surface area (Å²) in [7, 11) is -3.88. The van der Waals surface area contributed by atoms with Crippen molar-refractivity contribution in [1.82, 2.24) is 14.8 Å². The van der Waals surface area contributed by atoms with Gasteiger partial charge in [0.1, 0.15) is 6.54 Å². The van der Waals surface area contributed by atoms with E-state index >= 15 is 0 Å². The second-order valence-electron chi connectivity index (χ2n) is 5.09. The van der Waals surface area contributed by atoms with Crippen molar-refractivity contribution >= 4 is 15.9 Å². The first-order valence-electron chi connectivity index (χ1n) is 6.83. The summed E-state index contributed by atoms with van der Waals surface area (Å²) >= 11 is 0. The Morgan fingerprint density at radius 2 is 1.91 bits per heavy atom. The molecule has 0 saturated carbocycles. The fourth-order valence-electron chi connectivity index (χ4n) is 1.96. The Kier molecular flexibility index (Phi) is 4.97. The molecule has 0 aliphatic carbocycles. The van der Waals surface area contributed by atoms with Crippen LogP contribution in [0.25, 0.3) is 0 Å². The highest BCUT2D eigenvalue weighted by Gasteiger charge is 2.17. The molecule has 1 aromatic carbocycles. The maximum absolute atomic E-state index is 12.2. The first-order valence-corrected chi connectivity index (χ1v) is 8.31. The Balaban J connectivity index is 2.07. The molecule has 2 N–H and O–H groups in total. The van der Waals surface area contributed by atoms with Crippen molar-refractivity contribution in [3.63, 3.8) is 0 Å². The van der Waals surface area contributed by atoms with Crippen LogP contribution in [0.5, 0.6) is 0 Å². The Labute approximate surface area is 134 Å². The Hall–Kier alpha value is -2.45. The molecule has 0 atom stereocenters. The number of hydrogen-bond acceptors (Lipinski definition) is 4. The molecule has 0 aliphatic heterocycles. The topological polar surface area (TPSA) is 97.3 Å². The standard InChI is InChI=1S/C15H17N3O4S/c1-11-6-7-12(2)13(9-11)23(21,22)17-16-14(19)10-18-8-4-3-5-15(18)20/h3-9,17H,10H2,1-2H3,(H,16,19). The van der Waals surface area contributed by atoms with Gasteiger partial charge in [-0.1, -0.05) is 18.2 Å². The predicted octanol–water partition coefficient (Wildman–Crippen LogP) is 0.475. The van der Waals surface area contributed by atoms with Crippen LogP contribution in [0.3, 0.4) is 0 Å². The number of nitrogens with zero attached hydrogens (tertiary/aromatic N) is 1. The van der Waals surface area contributed by atoms with Crippen LogP contribution in [0.1, 0.15) is 11.1 Å². The molecular weight excluding hydrogens is 318 g/mol. The number of amides is 1. The van der Waals surface area contributed by atoms with Gasteiger partial charge in [-0.05, 0) is 37.1 Å². The zero-order chi connectivity index (χ0) is 17.0. The number of nitrogens with one attached hydrogen (secondary N) is 2. The van der Waals surface area contributed by atoms with Crippen LogP contribution in [0.15, 0.2) is 52.3 Å². The van der Waals surface area contributed by atoms with Gasteiger partial charge in [-0.3, -0.25) is 15.0 Å². The van der Waals surface area contributed by atoms with E-state index in [4.69, 9.17) is 0 Å². The Morgan fingerprint density at radius 1 is 1.17 bits per heavy atom. The second kappa shape index (κ2) is 6.76. The summed E-state index contributed by atoms with van der Waals surface area (Å²) in [6.45, 7) is 3.16.